The molecular formula is C28H37NO5S. The predicted octanol–water partition coefficient (Wildman–Crippen LogP) is 6.61. The van der Waals surface area contributed by atoms with Gasteiger partial charge in [-0.25, -0.2) is 0 Å². The molecule has 2 aromatic rings. The lowest BCUT2D eigenvalue weighted by Gasteiger charge is -2.19. The molecule has 2 unspecified atom stereocenters. The average Bonchev–Trinajstić information content (AvgIpc) is 3.20. The number of hydrogen-bond donors (Lipinski definition) is 1. The van der Waals surface area contributed by atoms with Crippen LogP contribution in [0.3, 0.4) is 0 Å². The molecule has 0 aromatic heterocycles. The molecule has 1 aliphatic heterocycles. The molecule has 0 bridgehead atoms. The van der Waals surface area contributed by atoms with Crippen molar-refractivity contribution in [2.75, 3.05) is 13.7 Å². The van der Waals surface area contributed by atoms with E-state index in [9.17, 15) is 9.59 Å². The highest BCUT2D eigenvalue weighted by Crippen LogP contribution is 2.34. The third-order valence-corrected chi connectivity index (χ3v) is 7.04. The standard InChI is InChI=1S/C28H37NO5S/c1-4-6-11-25(32-3)34-24-17-12-20(22(19-24)9-5-2)10-7-8-18-33-23-15-13-21(14-16-23)26-27(30)29-28(31)35-26/h12-17,19,25-26H,4-11,18H2,1-3H3,(H,29,30,31). The first-order valence-electron chi connectivity index (χ1n) is 12.6. The minimum atomic E-state index is -0.470. The molecule has 0 saturated carbocycles. The van der Waals surface area contributed by atoms with Gasteiger partial charge in [-0.15, -0.1) is 0 Å². The number of rotatable bonds is 15. The van der Waals surface area contributed by atoms with Gasteiger partial charge in [0.1, 0.15) is 16.7 Å². The number of nitrogens with one attached hydrogen (secondary N) is 1. The number of aryl methyl sites for hydroxylation is 2. The number of amides is 2. The van der Waals surface area contributed by atoms with Gasteiger partial charge in [0.25, 0.3) is 5.24 Å². The highest BCUT2D eigenvalue weighted by molar-refractivity contribution is 8.15. The number of methoxy groups -OCH3 is 1. The Morgan fingerprint density at radius 3 is 2.34 bits per heavy atom. The van der Waals surface area contributed by atoms with Crippen LogP contribution in [0.15, 0.2) is 42.5 Å². The van der Waals surface area contributed by atoms with Crippen molar-refractivity contribution < 1.29 is 23.8 Å². The van der Waals surface area contributed by atoms with Gasteiger partial charge in [-0.3, -0.25) is 14.9 Å². The van der Waals surface area contributed by atoms with Crippen LogP contribution in [-0.4, -0.2) is 31.2 Å². The summed E-state index contributed by atoms with van der Waals surface area (Å²) in [4.78, 5) is 23.2. The molecule has 190 valence electrons. The fourth-order valence-corrected chi connectivity index (χ4v) is 4.92. The van der Waals surface area contributed by atoms with Crippen LogP contribution >= 0.6 is 11.8 Å². The second-order valence-electron chi connectivity index (χ2n) is 8.76. The second kappa shape index (κ2) is 14.1. The van der Waals surface area contributed by atoms with Crippen molar-refractivity contribution in [2.45, 2.75) is 76.8 Å². The summed E-state index contributed by atoms with van der Waals surface area (Å²) in [6.07, 6.45) is 8.02. The van der Waals surface area contributed by atoms with Crippen molar-refractivity contribution in [3.63, 3.8) is 0 Å². The van der Waals surface area contributed by atoms with Crippen molar-refractivity contribution in [3.8, 4) is 11.5 Å². The summed E-state index contributed by atoms with van der Waals surface area (Å²) in [5.41, 5.74) is 3.52. The zero-order chi connectivity index (χ0) is 25.0. The van der Waals surface area contributed by atoms with Crippen LogP contribution in [-0.2, 0) is 22.4 Å². The Morgan fingerprint density at radius 2 is 1.69 bits per heavy atom. The van der Waals surface area contributed by atoms with Gasteiger partial charge < -0.3 is 14.2 Å². The van der Waals surface area contributed by atoms with Crippen molar-refractivity contribution in [1.82, 2.24) is 5.32 Å². The minimum absolute atomic E-state index is 0.196. The monoisotopic (exact) mass is 499 g/mol. The molecule has 3 rings (SSSR count). The number of hydrogen-bond acceptors (Lipinski definition) is 6. The van der Waals surface area contributed by atoms with Gasteiger partial charge in [-0.1, -0.05) is 44.9 Å². The van der Waals surface area contributed by atoms with Crippen molar-refractivity contribution in [1.29, 1.82) is 0 Å². The zero-order valence-electron chi connectivity index (χ0n) is 21.0. The normalized spacial score (nSPS) is 16.3. The minimum Gasteiger partial charge on any atom is -0.494 e. The summed E-state index contributed by atoms with van der Waals surface area (Å²) in [6.45, 7) is 5.00. The number of unbranched alkanes of at least 4 members (excludes halogenated alkanes) is 2. The molecule has 6 nitrogen and oxygen atoms in total. The summed E-state index contributed by atoms with van der Waals surface area (Å²) >= 11 is 1.01. The number of thioether (sulfide) groups is 1. The molecule has 2 aromatic carbocycles. The van der Waals surface area contributed by atoms with Crippen LogP contribution in [0.5, 0.6) is 11.5 Å². The molecule has 2 atom stereocenters. The van der Waals surface area contributed by atoms with E-state index < -0.39 is 5.25 Å². The lowest BCUT2D eigenvalue weighted by atomic mass is 9.98. The van der Waals surface area contributed by atoms with Gasteiger partial charge in [-0.2, -0.15) is 0 Å². The molecule has 7 heteroatoms. The van der Waals surface area contributed by atoms with E-state index in [1.165, 1.54) is 11.1 Å². The molecule has 0 radical (unpaired) electrons. The SMILES string of the molecule is CCCCC(OC)Oc1ccc(CCCCOc2ccc(C3SC(=O)NC3=O)cc2)c(CCC)c1. The Labute approximate surface area is 213 Å². The van der Waals surface area contributed by atoms with Crippen LogP contribution in [0.4, 0.5) is 4.79 Å². The molecule has 2 amide bonds. The fourth-order valence-electron chi connectivity index (χ4n) is 4.09. The summed E-state index contributed by atoms with van der Waals surface area (Å²) in [5, 5.41) is 1.55. The highest BCUT2D eigenvalue weighted by atomic mass is 32.2. The van der Waals surface area contributed by atoms with Crippen LogP contribution in [0, 0.1) is 0 Å². The van der Waals surface area contributed by atoms with E-state index in [1.54, 1.807) is 7.11 Å². The quantitative estimate of drug-likeness (QED) is 0.220. The largest absolute Gasteiger partial charge is 0.494 e. The van der Waals surface area contributed by atoms with E-state index in [2.05, 4.69) is 37.4 Å². The molecule has 1 fully saturated rings. The van der Waals surface area contributed by atoms with Gasteiger partial charge in [0.15, 0.2) is 6.29 Å². The first-order valence-corrected chi connectivity index (χ1v) is 13.5. The smallest absolute Gasteiger partial charge is 0.286 e. The van der Waals surface area contributed by atoms with Crippen LogP contribution in [0.1, 0.15) is 74.3 Å². The van der Waals surface area contributed by atoms with E-state index >= 15 is 0 Å². The summed E-state index contributed by atoms with van der Waals surface area (Å²) in [5.74, 6) is 1.39. The second-order valence-corrected chi connectivity index (χ2v) is 9.83. The Morgan fingerprint density at radius 1 is 0.914 bits per heavy atom. The van der Waals surface area contributed by atoms with Crippen molar-refractivity contribution in [3.05, 3.63) is 59.2 Å². The maximum absolute atomic E-state index is 11.8. The number of imide groups is 1. The molecule has 35 heavy (non-hydrogen) atoms. The van der Waals surface area contributed by atoms with E-state index in [1.807, 2.05) is 24.3 Å². The number of benzene rings is 2. The van der Waals surface area contributed by atoms with Crippen LogP contribution in [0.2, 0.25) is 0 Å². The molecule has 1 aliphatic rings. The van der Waals surface area contributed by atoms with Crippen LogP contribution in [0.25, 0.3) is 0 Å². The van der Waals surface area contributed by atoms with Gasteiger partial charge in [0, 0.05) is 13.5 Å². The topological polar surface area (TPSA) is 73.9 Å². The first-order chi connectivity index (χ1) is 17.0. The molecule has 0 aliphatic carbocycles. The Kier molecular flexibility index (Phi) is 10.9. The molecule has 1 heterocycles. The highest BCUT2D eigenvalue weighted by Gasteiger charge is 2.32. The van der Waals surface area contributed by atoms with Gasteiger partial charge in [0.05, 0.1) is 6.61 Å². The molecule has 0 spiro atoms. The first kappa shape index (κ1) is 27.1. The van der Waals surface area contributed by atoms with Crippen LogP contribution < -0.4 is 14.8 Å². The lowest BCUT2D eigenvalue weighted by molar-refractivity contribution is -0.119. The predicted molar refractivity (Wildman–Crippen MR) is 140 cm³/mol. The maximum atomic E-state index is 11.8. The summed E-state index contributed by atoms with van der Waals surface area (Å²) in [7, 11) is 1.70. The van der Waals surface area contributed by atoms with E-state index in [-0.39, 0.29) is 17.4 Å². The van der Waals surface area contributed by atoms with Crippen molar-refractivity contribution in [2.24, 2.45) is 0 Å². The Bertz CT molecular complexity index is 962. The van der Waals surface area contributed by atoms with E-state index in [4.69, 9.17) is 14.2 Å². The third kappa shape index (κ3) is 8.29. The van der Waals surface area contributed by atoms with Gasteiger partial charge >= 0.3 is 0 Å². The van der Waals surface area contributed by atoms with Crippen molar-refractivity contribution >= 4 is 22.9 Å². The van der Waals surface area contributed by atoms with Gasteiger partial charge in [-0.05, 0) is 84.8 Å². The fraction of sp³-hybridized carbons (Fsp3) is 0.500. The summed E-state index contributed by atoms with van der Waals surface area (Å²) in [6, 6.07) is 13.8. The maximum Gasteiger partial charge on any atom is 0.286 e. The summed E-state index contributed by atoms with van der Waals surface area (Å²) < 4.78 is 17.4. The molecule has 1 saturated heterocycles. The Balaban J connectivity index is 1.45. The number of ether oxygens (including phenoxy) is 3. The van der Waals surface area contributed by atoms with E-state index in [0.717, 1.165) is 80.2 Å². The Hall–Kier alpha value is -2.51. The lowest BCUT2D eigenvalue weighted by Crippen LogP contribution is -2.20. The third-order valence-electron chi connectivity index (χ3n) is 6.00. The number of carbonyl (C=O) groups excluding carboxylic acids is 2. The molecular weight excluding hydrogens is 462 g/mol. The van der Waals surface area contributed by atoms with Gasteiger partial charge in [0.2, 0.25) is 5.91 Å². The molecule has 1 N–H and O–H groups in total. The number of carbonyl (C=O) groups is 2. The zero-order valence-corrected chi connectivity index (χ0v) is 21.8. The van der Waals surface area contributed by atoms with E-state index in [0.29, 0.717) is 6.61 Å². The average molecular weight is 500 g/mol.